The molecule has 3 aromatic carbocycles. The van der Waals surface area contributed by atoms with Crippen LogP contribution in [0, 0.1) is 6.92 Å². The third kappa shape index (κ3) is 3.27. The number of hydrogen-bond acceptors (Lipinski definition) is 8. The van der Waals surface area contributed by atoms with Crippen LogP contribution < -0.4 is 24.5 Å². The maximum atomic E-state index is 14.0. The molecule has 9 heteroatoms. The van der Waals surface area contributed by atoms with Crippen molar-refractivity contribution < 1.29 is 27.9 Å². The van der Waals surface area contributed by atoms with Gasteiger partial charge in [0.1, 0.15) is 11.3 Å². The molecule has 0 radical (unpaired) electrons. The second-order valence-electron chi connectivity index (χ2n) is 8.67. The number of aryl methyl sites for hydroxylation is 1. The number of nitrogens with zero attached hydrogens (tertiary/aromatic N) is 2. The van der Waals surface area contributed by atoms with Crippen molar-refractivity contribution in [3.05, 3.63) is 87.5 Å². The molecule has 1 aliphatic heterocycles. The summed E-state index contributed by atoms with van der Waals surface area (Å²) in [5.74, 6) is 1.36. The molecule has 3 heterocycles. The van der Waals surface area contributed by atoms with Gasteiger partial charge in [-0.15, -0.1) is 0 Å². The van der Waals surface area contributed by atoms with Crippen molar-refractivity contribution in [2.24, 2.45) is 0 Å². The number of amides is 1. The number of benzene rings is 3. The largest absolute Gasteiger partial charge is 0.493 e. The van der Waals surface area contributed by atoms with E-state index in [1.165, 1.54) is 26.2 Å². The second kappa shape index (κ2) is 8.41. The monoisotopic (exact) mass is 498 g/mol. The minimum atomic E-state index is -0.882. The third-order valence-corrected chi connectivity index (χ3v) is 6.63. The van der Waals surface area contributed by atoms with Gasteiger partial charge in [-0.25, -0.2) is 0 Å². The molecule has 186 valence electrons. The zero-order chi connectivity index (χ0) is 25.8. The Morgan fingerprint density at radius 1 is 0.892 bits per heavy atom. The van der Waals surface area contributed by atoms with Gasteiger partial charge in [-0.05, 0) is 36.1 Å². The number of methoxy groups -OCH3 is 3. The highest BCUT2D eigenvalue weighted by molar-refractivity contribution is 6.12. The molecule has 5 aromatic rings. The van der Waals surface area contributed by atoms with E-state index in [1.54, 1.807) is 31.2 Å². The third-order valence-electron chi connectivity index (χ3n) is 6.63. The first-order valence-corrected chi connectivity index (χ1v) is 11.5. The lowest BCUT2D eigenvalue weighted by Gasteiger charge is -2.24. The molecule has 6 rings (SSSR count). The number of ether oxygens (including phenoxy) is 3. The zero-order valence-electron chi connectivity index (χ0n) is 20.5. The normalized spacial score (nSPS) is 14.9. The minimum absolute atomic E-state index is 0.0479. The van der Waals surface area contributed by atoms with Crippen LogP contribution in [0.5, 0.6) is 17.2 Å². The molecule has 0 N–H and O–H groups in total. The minimum Gasteiger partial charge on any atom is -0.493 e. The number of rotatable bonds is 5. The molecule has 37 heavy (non-hydrogen) atoms. The molecule has 0 fully saturated rings. The van der Waals surface area contributed by atoms with E-state index in [1.807, 2.05) is 30.3 Å². The molecule has 1 amide bonds. The number of aromatic nitrogens is 1. The van der Waals surface area contributed by atoms with Crippen molar-refractivity contribution in [3.63, 3.8) is 0 Å². The van der Waals surface area contributed by atoms with Gasteiger partial charge in [0.2, 0.25) is 11.5 Å². The first-order valence-electron chi connectivity index (χ1n) is 11.5. The van der Waals surface area contributed by atoms with Crippen LogP contribution in [0.3, 0.4) is 0 Å². The van der Waals surface area contributed by atoms with Crippen molar-refractivity contribution in [2.75, 3.05) is 26.2 Å². The van der Waals surface area contributed by atoms with Gasteiger partial charge in [-0.3, -0.25) is 14.5 Å². The molecule has 0 aliphatic carbocycles. The summed E-state index contributed by atoms with van der Waals surface area (Å²) < 4.78 is 28.1. The lowest BCUT2D eigenvalue weighted by molar-refractivity contribution is 0.0969. The molecule has 1 atom stereocenters. The topological polar surface area (TPSA) is 104 Å². The van der Waals surface area contributed by atoms with Gasteiger partial charge >= 0.3 is 0 Å². The van der Waals surface area contributed by atoms with Gasteiger partial charge in [0, 0.05) is 11.5 Å². The standard InChI is InChI=1S/C28H22N2O7/c1-14-11-21(29-37-14)30-23(16-12-19(33-2)26(35-4)20(13-16)34-3)22-24(31)18-10-9-15-7-5-6-8-17(15)25(18)36-27(22)28(30)32/h5-13,23H,1-4H3. The summed E-state index contributed by atoms with van der Waals surface area (Å²) in [7, 11) is 4.51. The molecule has 0 bridgehead atoms. The molecule has 1 unspecified atom stereocenters. The molecule has 0 saturated carbocycles. The van der Waals surface area contributed by atoms with Gasteiger partial charge in [0.05, 0.1) is 38.3 Å². The molecule has 0 saturated heterocycles. The van der Waals surface area contributed by atoms with E-state index in [0.717, 1.165) is 10.8 Å². The predicted octanol–water partition coefficient (Wildman–Crippen LogP) is 5.02. The van der Waals surface area contributed by atoms with Crippen LogP contribution in [0.4, 0.5) is 5.82 Å². The van der Waals surface area contributed by atoms with Gasteiger partial charge < -0.3 is 23.2 Å². The summed E-state index contributed by atoms with van der Waals surface area (Å²) in [4.78, 5) is 29.3. The highest BCUT2D eigenvalue weighted by atomic mass is 16.5. The Morgan fingerprint density at radius 3 is 2.27 bits per heavy atom. The van der Waals surface area contributed by atoms with E-state index in [2.05, 4.69) is 5.16 Å². The quantitative estimate of drug-likeness (QED) is 0.311. The van der Waals surface area contributed by atoms with Crippen LogP contribution in [0.1, 0.15) is 33.5 Å². The summed E-state index contributed by atoms with van der Waals surface area (Å²) >= 11 is 0. The van der Waals surface area contributed by atoms with Crippen molar-refractivity contribution >= 4 is 33.5 Å². The van der Waals surface area contributed by atoms with Crippen LogP contribution in [-0.4, -0.2) is 32.4 Å². The van der Waals surface area contributed by atoms with E-state index in [0.29, 0.717) is 39.5 Å². The van der Waals surface area contributed by atoms with E-state index >= 15 is 0 Å². The SMILES string of the molecule is COc1cc(C2c3c(oc4c(ccc5ccccc54)c3=O)C(=O)N2c2cc(C)on2)cc(OC)c1OC. The molecule has 2 aromatic heterocycles. The molecular formula is C28H22N2O7. The molecule has 1 aliphatic rings. The number of fused-ring (bicyclic) bond motifs is 4. The number of anilines is 1. The van der Waals surface area contributed by atoms with Crippen molar-refractivity contribution in [1.82, 2.24) is 5.16 Å². The van der Waals surface area contributed by atoms with Gasteiger partial charge in [0.15, 0.2) is 22.7 Å². The first-order chi connectivity index (χ1) is 18.0. The van der Waals surface area contributed by atoms with Crippen molar-refractivity contribution in [1.29, 1.82) is 0 Å². The Labute approximate surface area is 210 Å². The van der Waals surface area contributed by atoms with Crippen molar-refractivity contribution in [2.45, 2.75) is 13.0 Å². The summed E-state index contributed by atoms with van der Waals surface area (Å²) in [5, 5.41) is 6.09. The summed E-state index contributed by atoms with van der Waals surface area (Å²) in [6.07, 6.45) is 0. The average Bonchev–Trinajstić information content (AvgIpc) is 3.48. The maximum Gasteiger partial charge on any atom is 0.296 e. The Kier molecular flexibility index (Phi) is 5.15. The van der Waals surface area contributed by atoms with Gasteiger partial charge in [0.25, 0.3) is 5.91 Å². The number of hydrogen-bond donors (Lipinski definition) is 0. The first kappa shape index (κ1) is 22.7. The molecular weight excluding hydrogens is 476 g/mol. The number of carbonyl (C=O) groups is 1. The fraction of sp³-hybridized carbons (Fsp3) is 0.179. The maximum absolute atomic E-state index is 14.0. The van der Waals surface area contributed by atoms with E-state index < -0.39 is 11.9 Å². The van der Waals surface area contributed by atoms with Crippen LogP contribution in [0.2, 0.25) is 0 Å². The number of carbonyl (C=O) groups excluding carboxylic acids is 1. The summed E-state index contributed by atoms with van der Waals surface area (Å²) in [6, 6.07) is 15.3. The smallest absolute Gasteiger partial charge is 0.296 e. The van der Waals surface area contributed by atoms with Crippen LogP contribution in [-0.2, 0) is 0 Å². The van der Waals surface area contributed by atoms with Crippen LogP contribution in [0.25, 0.3) is 21.7 Å². The van der Waals surface area contributed by atoms with Gasteiger partial charge in [-0.1, -0.05) is 35.5 Å². The van der Waals surface area contributed by atoms with Crippen LogP contribution in [0.15, 0.2) is 68.3 Å². The molecule has 9 nitrogen and oxygen atoms in total. The average molecular weight is 498 g/mol. The van der Waals surface area contributed by atoms with Crippen LogP contribution >= 0.6 is 0 Å². The lowest BCUT2D eigenvalue weighted by Crippen LogP contribution is -2.29. The Bertz CT molecular complexity index is 1740. The van der Waals surface area contributed by atoms with E-state index in [9.17, 15) is 9.59 Å². The Balaban J connectivity index is 1.69. The highest BCUT2D eigenvalue weighted by Gasteiger charge is 2.45. The Hall–Kier alpha value is -4.79. The fourth-order valence-corrected chi connectivity index (χ4v) is 4.98. The van der Waals surface area contributed by atoms with E-state index in [4.69, 9.17) is 23.2 Å². The Morgan fingerprint density at radius 2 is 1.62 bits per heavy atom. The second-order valence-corrected chi connectivity index (χ2v) is 8.67. The fourth-order valence-electron chi connectivity index (χ4n) is 4.98. The summed E-state index contributed by atoms with van der Waals surface area (Å²) in [5.41, 5.74) is 0.797. The predicted molar refractivity (Wildman–Crippen MR) is 136 cm³/mol. The van der Waals surface area contributed by atoms with Crippen molar-refractivity contribution in [3.8, 4) is 17.2 Å². The lowest BCUT2D eigenvalue weighted by atomic mass is 9.97. The highest BCUT2D eigenvalue weighted by Crippen LogP contribution is 2.46. The molecule has 0 spiro atoms. The van der Waals surface area contributed by atoms with Gasteiger partial charge in [-0.2, -0.15) is 0 Å². The summed E-state index contributed by atoms with van der Waals surface area (Å²) in [6.45, 7) is 1.72. The zero-order valence-corrected chi connectivity index (χ0v) is 20.5. The van der Waals surface area contributed by atoms with E-state index in [-0.39, 0.29) is 22.6 Å².